The number of thiophene rings is 1. The second kappa shape index (κ2) is 11.0. The average molecular weight is 669 g/mol. The fraction of sp³-hybridized carbons (Fsp3) is 0. The number of fused-ring (bicyclic) bond motifs is 9. The predicted molar refractivity (Wildman–Crippen MR) is 214 cm³/mol. The van der Waals surface area contributed by atoms with Gasteiger partial charge in [-0.25, -0.2) is 9.97 Å². The first kappa shape index (κ1) is 28.3. The van der Waals surface area contributed by atoms with Crippen molar-refractivity contribution in [2.45, 2.75) is 0 Å². The summed E-state index contributed by atoms with van der Waals surface area (Å²) in [5, 5.41) is 4.92. The van der Waals surface area contributed by atoms with Crippen LogP contribution in [0.25, 0.3) is 97.9 Å². The highest BCUT2D eigenvalue weighted by Gasteiger charge is 2.17. The Morgan fingerprint density at radius 3 is 1.45 bits per heavy atom. The Kier molecular flexibility index (Phi) is 6.09. The number of aromatic nitrogens is 4. The Morgan fingerprint density at radius 2 is 0.824 bits per heavy atom. The van der Waals surface area contributed by atoms with Crippen molar-refractivity contribution in [1.29, 1.82) is 0 Å². The number of pyridine rings is 2. The smallest absolute Gasteiger partial charge is 0.108 e. The van der Waals surface area contributed by atoms with Gasteiger partial charge in [0.15, 0.2) is 0 Å². The van der Waals surface area contributed by atoms with Gasteiger partial charge >= 0.3 is 0 Å². The molecule has 0 fully saturated rings. The number of rotatable bonds is 4. The van der Waals surface area contributed by atoms with Crippen LogP contribution >= 0.6 is 11.3 Å². The summed E-state index contributed by atoms with van der Waals surface area (Å²) in [6.45, 7) is 0. The van der Waals surface area contributed by atoms with Gasteiger partial charge in [-0.2, -0.15) is 0 Å². The van der Waals surface area contributed by atoms with Crippen LogP contribution in [0, 0.1) is 0 Å². The first-order chi connectivity index (χ1) is 25.3. The van der Waals surface area contributed by atoms with Crippen molar-refractivity contribution in [3.8, 4) is 33.9 Å². The van der Waals surface area contributed by atoms with Gasteiger partial charge < -0.3 is 9.13 Å². The van der Waals surface area contributed by atoms with Gasteiger partial charge in [-0.1, -0.05) is 91.0 Å². The van der Waals surface area contributed by atoms with Gasteiger partial charge in [0.25, 0.3) is 0 Å². The molecule has 0 aliphatic heterocycles. The molecule has 5 aromatic heterocycles. The van der Waals surface area contributed by atoms with Crippen LogP contribution in [0.3, 0.4) is 0 Å². The summed E-state index contributed by atoms with van der Waals surface area (Å²) in [6.07, 6.45) is 0. The summed E-state index contributed by atoms with van der Waals surface area (Å²) in [4.78, 5) is 10.6. The van der Waals surface area contributed by atoms with Crippen LogP contribution in [-0.4, -0.2) is 19.1 Å². The van der Waals surface area contributed by atoms with Gasteiger partial charge in [-0.3, -0.25) is 0 Å². The molecule has 0 saturated carbocycles. The molecule has 0 amide bonds. The minimum atomic E-state index is 0.941. The third-order valence-electron chi connectivity index (χ3n) is 10.1. The van der Waals surface area contributed by atoms with Gasteiger partial charge in [0.2, 0.25) is 0 Å². The SMILES string of the molecule is c1ccc(-n2c3ccccc3c3cc(-c4ccc5sc6ccc(-c7ccc8c9ccccc9n(-c9ccccc9)c8c7)nc6c5n4)ccc32)cc1. The van der Waals surface area contributed by atoms with E-state index >= 15 is 0 Å². The molecule has 0 saturated heterocycles. The lowest BCUT2D eigenvalue weighted by Gasteiger charge is -2.09. The van der Waals surface area contributed by atoms with Crippen LogP contribution in [0.2, 0.25) is 0 Å². The van der Waals surface area contributed by atoms with E-state index in [1.807, 2.05) is 0 Å². The highest BCUT2D eigenvalue weighted by Crippen LogP contribution is 2.39. The Balaban J connectivity index is 1.05. The van der Waals surface area contributed by atoms with Crippen LogP contribution in [0.15, 0.2) is 170 Å². The third kappa shape index (κ3) is 4.32. The maximum Gasteiger partial charge on any atom is 0.108 e. The van der Waals surface area contributed by atoms with E-state index in [0.717, 1.165) is 54.3 Å². The van der Waals surface area contributed by atoms with Crippen LogP contribution < -0.4 is 0 Å². The molecule has 0 unspecified atom stereocenters. The van der Waals surface area contributed by atoms with Gasteiger partial charge in [-0.05, 0) is 78.9 Å². The maximum absolute atomic E-state index is 5.29. The van der Waals surface area contributed by atoms with E-state index < -0.39 is 0 Å². The Bertz CT molecular complexity index is 3130. The van der Waals surface area contributed by atoms with E-state index in [-0.39, 0.29) is 0 Å². The molecular weight excluding hydrogens is 641 g/mol. The Hall–Kier alpha value is -6.56. The summed E-state index contributed by atoms with van der Waals surface area (Å²) in [5.74, 6) is 0. The molecule has 5 heteroatoms. The summed E-state index contributed by atoms with van der Waals surface area (Å²) in [6, 6.07) is 60.6. The zero-order chi connectivity index (χ0) is 33.5. The fourth-order valence-electron chi connectivity index (χ4n) is 7.81. The lowest BCUT2D eigenvalue weighted by atomic mass is 10.1. The minimum Gasteiger partial charge on any atom is -0.309 e. The number of hydrogen-bond donors (Lipinski definition) is 0. The van der Waals surface area contributed by atoms with Crippen molar-refractivity contribution >= 4 is 75.4 Å². The highest BCUT2D eigenvalue weighted by molar-refractivity contribution is 7.25. The second-order valence-corrected chi connectivity index (χ2v) is 14.1. The lowest BCUT2D eigenvalue weighted by molar-refractivity contribution is 1.18. The third-order valence-corrected chi connectivity index (χ3v) is 11.2. The second-order valence-electron chi connectivity index (χ2n) is 13.0. The summed E-state index contributed by atoms with van der Waals surface area (Å²) in [7, 11) is 0. The zero-order valence-electron chi connectivity index (χ0n) is 27.4. The normalized spacial score (nSPS) is 11.9. The molecule has 51 heavy (non-hydrogen) atoms. The molecule has 5 heterocycles. The van der Waals surface area contributed by atoms with Crippen LogP contribution in [-0.2, 0) is 0 Å². The number of benzene rings is 6. The number of hydrogen-bond acceptors (Lipinski definition) is 3. The largest absolute Gasteiger partial charge is 0.309 e. The molecule has 11 aromatic rings. The average Bonchev–Trinajstić information content (AvgIpc) is 3.85. The van der Waals surface area contributed by atoms with Crippen LogP contribution in [0.4, 0.5) is 0 Å². The van der Waals surface area contributed by atoms with E-state index in [1.54, 1.807) is 11.3 Å². The molecule has 0 aliphatic carbocycles. The molecular formula is C46H28N4S. The lowest BCUT2D eigenvalue weighted by Crippen LogP contribution is -1.93. The van der Waals surface area contributed by atoms with E-state index in [4.69, 9.17) is 9.97 Å². The van der Waals surface area contributed by atoms with E-state index in [1.165, 1.54) is 43.6 Å². The monoisotopic (exact) mass is 668 g/mol. The summed E-state index contributed by atoms with van der Waals surface area (Å²) < 4.78 is 6.98. The van der Waals surface area contributed by atoms with Crippen molar-refractivity contribution in [1.82, 2.24) is 19.1 Å². The number of para-hydroxylation sites is 4. The molecule has 0 aliphatic rings. The van der Waals surface area contributed by atoms with Gasteiger partial charge in [0.05, 0.1) is 42.9 Å². The Morgan fingerprint density at radius 1 is 0.353 bits per heavy atom. The minimum absolute atomic E-state index is 0.941. The zero-order valence-corrected chi connectivity index (χ0v) is 28.2. The van der Waals surface area contributed by atoms with Gasteiger partial charge in [-0.15, -0.1) is 11.3 Å². The van der Waals surface area contributed by atoms with Crippen molar-refractivity contribution in [2.75, 3.05) is 0 Å². The molecule has 11 rings (SSSR count). The van der Waals surface area contributed by atoms with Crippen molar-refractivity contribution in [3.63, 3.8) is 0 Å². The van der Waals surface area contributed by atoms with E-state index in [2.05, 4.69) is 179 Å². The summed E-state index contributed by atoms with van der Waals surface area (Å²) >= 11 is 1.75. The van der Waals surface area contributed by atoms with E-state index in [0.29, 0.717) is 0 Å². The Labute approximate surface area is 297 Å². The molecule has 0 radical (unpaired) electrons. The molecule has 0 N–H and O–H groups in total. The molecule has 0 atom stereocenters. The van der Waals surface area contributed by atoms with Crippen LogP contribution in [0.1, 0.15) is 0 Å². The van der Waals surface area contributed by atoms with Crippen molar-refractivity contribution < 1.29 is 0 Å². The van der Waals surface area contributed by atoms with Gasteiger partial charge in [0.1, 0.15) is 11.0 Å². The highest BCUT2D eigenvalue weighted by atomic mass is 32.1. The number of nitrogens with zero attached hydrogens (tertiary/aromatic N) is 4. The van der Waals surface area contributed by atoms with Crippen molar-refractivity contribution in [2.24, 2.45) is 0 Å². The molecule has 238 valence electrons. The fourth-order valence-corrected chi connectivity index (χ4v) is 8.80. The summed E-state index contributed by atoms with van der Waals surface area (Å²) in [5.41, 5.74) is 13.0. The molecule has 6 aromatic carbocycles. The van der Waals surface area contributed by atoms with Crippen LogP contribution in [0.5, 0.6) is 0 Å². The topological polar surface area (TPSA) is 35.6 Å². The predicted octanol–water partition coefficient (Wildman–Crippen LogP) is 12.4. The quantitative estimate of drug-likeness (QED) is 0.187. The first-order valence-electron chi connectivity index (χ1n) is 17.2. The molecule has 0 spiro atoms. The van der Waals surface area contributed by atoms with Crippen molar-refractivity contribution in [3.05, 3.63) is 170 Å². The van der Waals surface area contributed by atoms with E-state index in [9.17, 15) is 0 Å². The van der Waals surface area contributed by atoms with Gasteiger partial charge in [0, 0.05) is 44.0 Å². The first-order valence-corrected chi connectivity index (χ1v) is 18.0. The molecule has 0 bridgehead atoms. The standard InChI is InChI=1S/C46H28N4S/c1-3-11-31(12-4-1)49-40-18-10-8-16-34(40)36-27-29(20-24-41(36)49)37-22-25-43-45(47-37)46-44(51-43)26-23-38(48-46)30-19-21-35-33-15-7-9-17-39(33)50(42(35)28-30)32-13-5-2-6-14-32/h1-28H. The maximum atomic E-state index is 5.29. The molecule has 4 nitrogen and oxygen atoms in total.